The first-order valence-corrected chi connectivity index (χ1v) is 9.71. The first kappa shape index (κ1) is 22.9. The van der Waals surface area contributed by atoms with Crippen LogP contribution in [0.1, 0.15) is 24.2 Å². The van der Waals surface area contributed by atoms with Gasteiger partial charge >= 0.3 is 0 Å². The molecule has 2 aromatic rings. The molecule has 0 aromatic heterocycles. The van der Waals surface area contributed by atoms with Crippen LogP contribution in [0.15, 0.2) is 48.5 Å². The van der Waals surface area contributed by atoms with Gasteiger partial charge in [-0.15, -0.1) is 0 Å². The predicted octanol–water partition coefficient (Wildman–Crippen LogP) is 2.71. The van der Waals surface area contributed by atoms with Crippen molar-refractivity contribution in [3.63, 3.8) is 0 Å². The first-order chi connectivity index (χ1) is 14.4. The maximum atomic E-state index is 12.3. The molecule has 0 saturated heterocycles. The number of carbonyl (C=O) groups is 3. The maximum absolute atomic E-state index is 12.3. The molecule has 30 heavy (non-hydrogen) atoms. The third-order valence-corrected chi connectivity index (χ3v) is 4.11. The normalized spacial score (nSPS) is 10.4. The minimum Gasteiger partial charge on any atom is -0.383 e. The van der Waals surface area contributed by atoms with E-state index in [9.17, 15) is 14.4 Å². The average Bonchev–Trinajstić information content (AvgIpc) is 2.73. The molecule has 4 N–H and O–H groups in total. The van der Waals surface area contributed by atoms with Crippen LogP contribution in [0.3, 0.4) is 0 Å². The van der Waals surface area contributed by atoms with Crippen molar-refractivity contribution >= 4 is 34.8 Å². The van der Waals surface area contributed by atoms with E-state index >= 15 is 0 Å². The van der Waals surface area contributed by atoms with Crippen LogP contribution >= 0.6 is 0 Å². The summed E-state index contributed by atoms with van der Waals surface area (Å²) in [6.45, 7) is 4.51. The number of carbonyl (C=O) groups excluding carboxylic acids is 3. The lowest BCUT2D eigenvalue weighted by molar-refractivity contribution is -0.119. The van der Waals surface area contributed by atoms with Gasteiger partial charge in [-0.25, -0.2) is 0 Å². The Morgan fingerprint density at radius 1 is 0.933 bits per heavy atom. The Kier molecular flexibility index (Phi) is 8.83. The average molecular weight is 412 g/mol. The number of hydrogen-bond acceptors (Lipinski definition) is 5. The standard InChI is InChI=1S/C22H28N4O4/c1-15(2)21(28)26-19-9-5-7-17(13-19)24-14-20(27)25-18-8-4-6-16(12-18)22(29)23-10-11-30-3/h4-9,12-13,15,24H,10-11,14H2,1-3H3,(H,23,29)(H,25,27)(H,26,28). The van der Waals surface area contributed by atoms with Crippen LogP contribution in [0, 0.1) is 5.92 Å². The van der Waals surface area contributed by atoms with Crippen LogP contribution in [0.5, 0.6) is 0 Å². The molecule has 0 fully saturated rings. The van der Waals surface area contributed by atoms with Gasteiger partial charge in [-0.05, 0) is 36.4 Å². The van der Waals surface area contributed by atoms with Gasteiger partial charge in [0.1, 0.15) is 0 Å². The van der Waals surface area contributed by atoms with E-state index in [0.717, 1.165) is 0 Å². The number of ether oxygens (including phenoxy) is 1. The summed E-state index contributed by atoms with van der Waals surface area (Å²) in [4.78, 5) is 36.2. The number of hydrogen-bond donors (Lipinski definition) is 4. The van der Waals surface area contributed by atoms with Crippen LogP contribution in [0.25, 0.3) is 0 Å². The molecule has 2 aromatic carbocycles. The molecule has 0 atom stereocenters. The molecule has 3 amide bonds. The highest BCUT2D eigenvalue weighted by Gasteiger charge is 2.09. The highest BCUT2D eigenvalue weighted by molar-refractivity contribution is 5.98. The van der Waals surface area contributed by atoms with Crippen molar-refractivity contribution in [2.24, 2.45) is 5.92 Å². The molecule has 2 rings (SSSR count). The Morgan fingerprint density at radius 3 is 2.30 bits per heavy atom. The molecule has 0 heterocycles. The Labute approximate surface area is 176 Å². The van der Waals surface area contributed by atoms with Crippen molar-refractivity contribution in [2.75, 3.05) is 42.8 Å². The van der Waals surface area contributed by atoms with Crippen molar-refractivity contribution in [3.8, 4) is 0 Å². The van der Waals surface area contributed by atoms with E-state index in [2.05, 4.69) is 21.3 Å². The maximum Gasteiger partial charge on any atom is 0.251 e. The number of methoxy groups -OCH3 is 1. The zero-order chi connectivity index (χ0) is 21.9. The summed E-state index contributed by atoms with van der Waals surface area (Å²) in [5.74, 6) is -0.689. The van der Waals surface area contributed by atoms with Crippen LogP contribution in [0.2, 0.25) is 0 Å². The molecule has 0 aliphatic carbocycles. The van der Waals surface area contributed by atoms with E-state index < -0.39 is 0 Å². The number of amides is 3. The van der Waals surface area contributed by atoms with Gasteiger partial charge in [0, 0.05) is 42.2 Å². The van der Waals surface area contributed by atoms with E-state index in [1.165, 1.54) is 0 Å². The Morgan fingerprint density at radius 2 is 1.60 bits per heavy atom. The summed E-state index contributed by atoms with van der Waals surface area (Å²) in [5, 5.41) is 11.3. The quantitative estimate of drug-likeness (QED) is 0.449. The van der Waals surface area contributed by atoms with Gasteiger partial charge in [0.15, 0.2) is 0 Å². The van der Waals surface area contributed by atoms with Gasteiger partial charge in [-0.2, -0.15) is 0 Å². The molecule has 0 saturated carbocycles. The van der Waals surface area contributed by atoms with Crippen molar-refractivity contribution in [2.45, 2.75) is 13.8 Å². The van der Waals surface area contributed by atoms with Crippen molar-refractivity contribution in [1.82, 2.24) is 5.32 Å². The van der Waals surface area contributed by atoms with E-state index in [1.807, 2.05) is 19.9 Å². The Balaban J connectivity index is 1.88. The monoisotopic (exact) mass is 412 g/mol. The van der Waals surface area contributed by atoms with Gasteiger partial charge in [-0.3, -0.25) is 14.4 Å². The molecule has 0 bridgehead atoms. The summed E-state index contributed by atoms with van der Waals surface area (Å²) >= 11 is 0. The largest absolute Gasteiger partial charge is 0.383 e. The fourth-order valence-electron chi connectivity index (χ4n) is 2.49. The zero-order valence-corrected chi connectivity index (χ0v) is 17.5. The molecule has 160 valence electrons. The molecular formula is C22H28N4O4. The van der Waals surface area contributed by atoms with Gasteiger partial charge < -0.3 is 26.0 Å². The molecule has 8 nitrogen and oxygen atoms in total. The van der Waals surface area contributed by atoms with E-state index in [4.69, 9.17) is 4.74 Å². The molecule has 0 radical (unpaired) electrons. The molecule has 8 heteroatoms. The lowest BCUT2D eigenvalue weighted by Crippen LogP contribution is -2.27. The number of anilines is 3. The third-order valence-electron chi connectivity index (χ3n) is 4.11. The molecule has 0 aliphatic heterocycles. The molecule has 0 aliphatic rings. The summed E-state index contributed by atoms with van der Waals surface area (Å²) in [5.41, 5.74) is 2.34. The second-order valence-electron chi connectivity index (χ2n) is 6.96. The topological polar surface area (TPSA) is 109 Å². The first-order valence-electron chi connectivity index (χ1n) is 9.71. The van der Waals surface area contributed by atoms with Gasteiger partial charge in [-0.1, -0.05) is 26.0 Å². The van der Waals surface area contributed by atoms with Crippen molar-refractivity contribution in [3.05, 3.63) is 54.1 Å². The zero-order valence-electron chi connectivity index (χ0n) is 17.5. The fourth-order valence-corrected chi connectivity index (χ4v) is 2.49. The summed E-state index contributed by atoms with van der Waals surface area (Å²) in [6.07, 6.45) is 0. The van der Waals surface area contributed by atoms with Crippen molar-refractivity contribution < 1.29 is 19.1 Å². The highest BCUT2D eigenvalue weighted by atomic mass is 16.5. The van der Waals surface area contributed by atoms with Crippen molar-refractivity contribution in [1.29, 1.82) is 0 Å². The number of nitrogens with one attached hydrogen (secondary N) is 4. The smallest absolute Gasteiger partial charge is 0.251 e. The molecular weight excluding hydrogens is 384 g/mol. The second-order valence-corrected chi connectivity index (χ2v) is 6.96. The van der Waals surface area contributed by atoms with Crippen LogP contribution in [-0.4, -0.2) is 44.5 Å². The predicted molar refractivity (Wildman–Crippen MR) is 118 cm³/mol. The molecule has 0 unspecified atom stereocenters. The minimum absolute atomic E-state index is 0.0336. The van der Waals surface area contributed by atoms with Crippen LogP contribution in [0.4, 0.5) is 17.1 Å². The SMILES string of the molecule is COCCNC(=O)c1cccc(NC(=O)CNc2cccc(NC(=O)C(C)C)c2)c1. The highest BCUT2D eigenvalue weighted by Crippen LogP contribution is 2.16. The lowest BCUT2D eigenvalue weighted by Gasteiger charge is -2.11. The van der Waals surface area contributed by atoms with Gasteiger partial charge in [0.25, 0.3) is 5.91 Å². The Hall–Kier alpha value is -3.39. The minimum atomic E-state index is -0.261. The summed E-state index contributed by atoms with van der Waals surface area (Å²) < 4.78 is 4.91. The van der Waals surface area contributed by atoms with Crippen LogP contribution in [-0.2, 0) is 14.3 Å². The Bertz CT molecular complexity index is 883. The second kappa shape index (κ2) is 11.6. The molecule has 0 spiro atoms. The fraction of sp³-hybridized carbons (Fsp3) is 0.318. The number of benzene rings is 2. The van der Waals surface area contributed by atoms with Gasteiger partial charge in [0.05, 0.1) is 13.2 Å². The van der Waals surface area contributed by atoms with E-state index in [-0.39, 0.29) is 30.2 Å². The summed E-state index contributed by atoms with van der Waals surface area (Å²) in [6, 6.07) is 13.9. The number of rotatable bonds is 10. The summed E-state index contributed by atoms with van der Waals surface area (Å²) in [7, 11) is 1.56. The van der Waals surface area contributed by atoms with E-state index in [0.29, 0.717) is 35.8 Å². The lowest BCUT2D eigenvalue weighted by atomic mass is 10.2. The van der Waals surface area contributed by atoms with Gasteiger partial charge in [0.2, 0.25) is 11.8 Å². The third kappa shape index (κ3) is 7.56. The van der Waals surface area contributed by atoms with E-state index in [1.54, 1.807) is 49.6 Å². The van der Waals surface area contributed by atoms with Crippen LogP contribution < -0.4 is 21.3 Å².